The van der Waals surface area contributed by atoms with Crippen LogP contribution in [0, 0.1) is 0 Å². The lowest BCUT2D eigenvalue weighted by molar-refractivity contribution is -0.128. The third kappa shape index (κ3) is 3.35. The number of hydrogen-bond acceptors (Lipinski definition) is 6. The minimum atomic E-state index is -2.18. The van der Waals surface area contributed by atoms with Crippen LogP contribution in [0.3, 0.4) is 0 Å². The van der Waals surface area contributed by atoms with Crippen LogP contribution in [0.15, 0.2) is 79.8 Å². The van der Waals surface area contributed by atoms with Gasteiger partial charge in [-0.25, -0.2) is 23.5 Å². The summed E-state index contributed by atoms with van der Waals surface area (Å²) >= 11 is 26.7. The molecule has 0 unspecified atom stereocenters. The Kier molecular flexibility index (Phi) is 6.16. The number of fused-ring (bicyclic) bond motifs is 4. The molecule has 3 aliphatic rings. The highest BCUT2D eigenvalue weighted by atomic mass is 35.5. The van der Waals surface area contributed by atoms with Crippen molar-refractivity contribution in [2.75, 3.05) is 7.11 Å². The van der Waals surface area contributed by atoms with Crippen LogP contribution in [0.1, 0.15) is 23.9 Å². The molecule has 1 N–H and O–H groups in total. The molecule has 6 rings (SSSR count). The summed E-state index contributed by atoms with van der Waals surface area (Å²) in [7, 11) is 1.38. The maximum Gasteiger partial charge on any atom is 0.352 e. The van der Waals surface area contributed by atoms with Crippen molar-refractivity contribution in [1.29, 1.82) is 0 Å². The number of carbonyl (C=O) groups excluding carboxylic acids is 2. The van der Waals surface area contributed by atoms with Crippen molar-refractivity contribution < 1.29 is 19.4 Å². The molecule has 13 heteroatoms. The average Bonchev–Trinajstić information content (AvgIpc) is 3.21. The SMILES string of the molecule is COc1ccc([C@H]2C3=CCn4c(=O)n(-c5ccccc5)c(=O)n4[C@@H]3C[C@@]3(Cl)C(=O)C(Cl)=C(Cl)C(=O)[C@@]23Cl)cc1O. The van der Waals surface area contributed by atoms with Crippen LogP contribution < -0.4 is 16.1 Å². The molecule has 3 aromatic rings. The fraction of sp³-hybridized carbons (Fsp3) is 0.259. The van der Waals surface area contributed by atoms with Gasteiger partial charge in [0.15, 0.2) is 23.1 Å². The van der Waals surface area contributed by atoms with Crippen molar-refractivity contribution in [3.63, 3.8) is 0 Å². The number of benzene rings is 2. The van der Waals surface area contributed by atoms with Gasteiger partial charge in [0.25, 0.3) is 0 Å². The van der Waals surface area contributed by atoms with Crippen molar-refractivity contribution in [3.8, 4) is 17.2 Å². The summed E-state index contributed by atoms with van der Waals surface area (Å²) in [6.45, 7) is -0.0346. The predicted octanol–water partition coefficient (Wildman–Crippen LogP) is 3.98. The van der Waals surface area contributed by atoms with Crippen molar-refractivity contribution >= 4 is 58.0 Å². The van der Waals surface area contributed by atoms with Gasteiger partial charge in [0.05, 0.1) is 25.4 Å². The molecule has 0 spiro atoms. The zero-order chi connectivity index (χ0) is 28.7. The number of nitrogens with zero attached hydrogens (tertiary/aromatic N) is 3. The molecule has 0 saturated heterocycles. The summed E-state index contributed by atoms with van der Waals surface area (Å²) in [4.78, 5) is 50.3. The Morgan fingerprint density at radius 1 is 0.950 bits per heavy atom. The zero-order valence-electron chi connectivity index (χ0n) is 20.6. The number of Topliss-reactive ketones (excluding diaryl/α,β-unsaturated/α-hetero) is 2. The molecule has 206 valence electrons. The number of alkyl halides is 2. The number of ketones is 2. The number of para-hydroxylation sites is 1. The van der Waals surface area contributed by atoms with Crippen molar-refractivity contribution in [3.05, 3.63) is 96.8 Å². The number of rotatable bonds is 3. The molecule has 2 heterocycles. The van der Waals surface area contributed by atoms with Crippen molar-refractivity contribution in [2.24, 2.45) is 0 Å². The average molecular weight is 623 g/mol. The Morgan fingerprint density at radius 2 is 1.62 bits per heavy atom. The van der Waals surface area contributed by atoms with Gasteiger partial charge in [0.2, 0.25) is 0 Å². The van der Waals surface area contributed by atoms with Crippen LogP contribution in [-0.4, -0.2) is 47.5 Å². The first-order valence-electron chi connectivity index (χ1n) is 12.1. The van der Waals surface area contributed by atoms with E-state index in [9.17, 15) is 24.3 Å². The van der Waals surface area contributed by atoms with Crippen molar-refractivity contribution in [2.45, 2.75) is 34.7 Å². The first-order chi connectivity index (χ1) is 19.0. The number of methoxy groups -OCH3 is 1. The molecule has 2 aliphatic carbocycles. The highest BCUT2D eigenvalue weighted by Gasteiger charge is 2.71. The third-order valence-electron chi connectivity index (χ3n) is 7.85. The van der Waals surface area contributed by atoms with Gasteiger partial charge < -0.3 is 9.84 Å². The lowest BCUT2D eigenvalue weighted by Crippen LogP contribution is -2.67. The van der Waals surface area contributed by atoms with E-state index in [1.165, 1.54) is 28.6 Å². The van der Waals surface area contributed by atoms with E-state index in [1.807, 2.05) is 0 Å². The highest BCUT2D eigenvalue weighted by molar-refractivity contribution is 6.66. The van der Waals surface area contributed by atoms with Gasteiger partial charge in [-0.2, -0.15) is 0 Å². The van der Waals surface area contributed by atoms with Gasteiger partial charge in [-0.05, 0) is 35.4 Å². The number of carbonyl (C=O) groups is 2. The van der Waals surface area contributed by atoms with Gasteiger partial charge in [-0.1, -0.05) is 53.5 Å². The van der Waals surface area contributed by atoms with E-state index in [-0.39, 0.29) is 24.5 Å². The number of hydrogen-bond donors (Lipinski definition) is 1. The molecular weight excluding hydrogens is 604 g/mol. The minimum Gasteiger partial charge on any atom is -0.504 e. The van der Waals surface area contributed by atoms with Crippen LogP contribution in [0.5, 0.6) is 11.5 Å². The molecule has 1 saturated carbocycles. The monoisotopic (exact) mass is 621 g/mol. The fourth-order valence-electron chi connectivity index (χ4n) is 6.03. The largest absolute Gasteiger partial charge is 0.504 e. The Balaban J connectivity index is 1.64. The zero-order valence-corrected chi connectivity index (χ0v) is 23.6. The minimum absolute atomic E-state index is 0.0346. The first kappa shape index (κ1) is 27.0. The van der Waals surface area contributed by atoms with E-state index in [4.69, 9.17) is 51.1 Å². The second-order valence-corrected chi connectivity index (χ2v) is 11.7. The lowest BCUT2D eigenvalue weighted by atomic mass is 9.59. The number of phenols is 1. The molecular formula is C27H19Cl4N3O6. The lowest BCUT2D eigenvalue weighted by Gasteiger charge is -2.54. The third-order valence-corrected chi connectivity index (χ3v) is 10.1. The molecule has 0 bridgehead atoms. The Morgan fingerprint density at radius 3 is 2.27 bits per heavy atom. The van der Waals surface area contributed by atoms with Crippen LogP contribution in [0.2, 0.25) is 0 Å². The van der Waals surface area contributed by atoms with E-state index in [1.54, 1.807) is 42.5 Å². The van der Waals surface area contributed by atoms with Crippen LogP contribution in [0.4, 0.5) is 0 Å². The molecule has 1 aliphatic heterocycles. The van der Waals surface area contributed by atoms with Crippen molar-refractivity contribution in [1.82, 2.24) is 13.9 Å². The summed E-state index contributed by atoms with van der Waals surface area (Å²) in [6.07, 6.45) is 1.34. The molecule has 40 heavy (non-hydrogen) atoms. The number of ether oxygens (including phenoxy) is 1. The molecule has 0 amide bonds. The van der Waals surface area contributed by atoms with Crippen LogP contribution >= 0.6 is 46.4 Å². The topological polar surface area (TPSA) is 113 Å². The maximum atomic E-state index is 13.8. The summed E-state index contributed by atoms with van der Waals surface area (Å²) in [6, 6.07) is 11.8. The number of aromatic hydroxyl groups is 1. The second kappa shape index (κ2) is 9.14. The van der Waals surface area contributed by atoms with E-state index in [0.717, 1.165) is 4.57 Å². The maximum absolute atomic E-state index is 13.8. The number of halogens is 4. The second-order valence-electron chi connectivity index (χ2n) is 9.75. The smallest absolute Gasteiger partial charge is 0.352 e. The van der Waals surface area contributed by atoms with Crippen LogP contribution in [-0.2, 0) is 16.1 Å². The Labute approximate surface area is 246 Å². The summed E-state index contributed by atoms with van der Waals surface area (Å²) in [5, 5.41) is 9.49. The van der Waals surface area contributed by atoms with Crippen LogP contribution in [0.25, 0.3) is 5.69 Å². The Bertz CT molecular complexity index is 1810. The molecule has 1 aromatic heterocycles. The van der Waals surface area contributed by atoms with Gasteiger partial charge >= 0.3 is 11.4 Å². The molecule has 2 aromatic carbocycles. The van der Waals surface area contributed by atoms with Gasteiger partial charge in [-0.15, -0.1) is 23.2 Å². The normalized spacial score (nSPS) is 27.6. The Hall–Kier alpha value is -3.24. The van der Waals surface area contributed by atoms with Gasteiger partial charge in [0.1, 0.15) is 19.8 Å². The van der Waals surface area contributed by atoms with Gasteiger partial charge in [0, 0.05) is 12.3 Å². The van der Waals surface area contributed by atoms with E-state index in [0.29, 0.717) is 16.8 Å². The van der Waals surface area contributed by atoms with E-state index < -0.39 is 54.7 Å². The molecule has 4 atom stereocenters. The number of aromatic nitrogens is 3. The van der Waals surface area contributed by atoms with Gasteiger partial charge in [-0.3, -0.25) is 9.59 Å². The highest BCUT2D eigenvalue weighted by Crippen LogP contribution is 2.63. The molecule has 9 nitrogen and oxygen atoms in total. The molecule has 1 fully saturated rings. The predicted molar refractivity (Wildman–Crippen MR) is 149 cm³/mol. The summed E-state index contributed by atoms with van der Waals surface area (Å²) in [5.74, 6) is -3.00. The fourth-order valence-corrected chi connectivity index (χ4v) is 7.55. The summed E-state index contributed by atoms with van der Waals surface area (Å²) < 4.78 is 8.65. The van der Waals surface area contributed by atoms with E-state index >= 15 is 0 Å². The number of phenolic OH excluding ortho intramolecular Hbond substituents is 1. The van der Waals surface area contributed by atoms with E-state index in [2.05, 4.69) is 0 Å². The quantitative estimate of drug-likeness (QED) is 0.349. The standard InChI is InChI=1S/C27H19Cl4N3O6/c1-40-18-8-7-13(11-17(18)35)19-15-9-10-32-24(38)33(14-5-3-2-4-6-14)25(39)34(32)16(15)12-26(30)22(36)20(28)21(29)23(37)27(19,26)31/h2-9,11,16,19,35H,10,12H2,1H3/t16-,19+,26-,27+/m1/s1. The first-order valence-corrected chi connectivity index (χ1v) is 13.6. The number of allylic oxidation sites excluding steroid dienone is 4. The molecule has 0 radical (unpaired) electrons. The summed E-state index contributed by atoms with van der Waals surface area (Å²) in [5.41, 5.74) is -0.144.